The molecule has 130 valence electrons. The molecule has 1 saturated heterocycles. The molecule has 2 fully saturated rings. The number of hydrogen-bond acceptors (Lipinski definition) is 3. The second-order valence-corrected chi connectivity index (χ2v) is 8.20. The lowest BCUT2D eigenvalue weighted by atomic mass is 9.84. The van der Waals surface area contributed by atoms with Gasteiger partial charge < -0.3 is 9.84 Å². The lowest BCUT2D eigenvalue weighted by Gasteiger charge is -2.26. The van der Waals surface area contributed by atoms with Crippen molar-refractivity contribution in [1.82, 2.24) is 0 Å². The van der Waals surface area contributed by atoms with Crippen molar-refractivity contribution in [3.63, 3.8) is 0 Å². The van der Waals surface area contributed by atoms with Crippen LogP contribution in [0.3, 0.4) is 0 Å². The van der Waals surface area contributed by atoms with E-state index in [1.54, 1.807) is 0 Å². The standard InChI is InChI=1S/C19H24O4S/c1-2-17(13-9-11-23-12-10-13)18(19(20)21)14-3-5-15(6-4-14)24(22)16-7-8-16/h3-6,13,16H,2,7-12H2,1H3,(H,20,21). The Morgan fingerprint density at radius 3 is 2.29 bits per heavy atom. The van der Waals surface area contributed by atoms with Crippen LogP contribution in [-0.2, 0) is 20.3 Å². The molecule has 4 nitrogen and oxygen atoms in total. The third-order valence-corrected chi connectivity index (χ3v) is 6.65. The monoisotopic (exact) mass is 348 g/mol. The summed E-state index contributed by atoms with van der Waals surface area (Å²) in [6.07, 6.45) is 4.53. The van der Waals surface area contributed by atoms with Gasteiger partial charge in [0.05, 0.1) is 16.4 Å². The maximum absolute atomic E-state index is 12.2. The highest BCUT2D eigenvalue weighted by Crippen LogP contribution is 2.34. The molecular weight excluding hydrogens is 324 g/mol. The molecule has 1 aliphatic heterocycles. The highest BCUT2D eigenvalue weighted by Gasteiger charge is 2.29. The van der Waals surface area contributed by atoms with Crippen molar-refractivity contribution in [2.45, 2.75) is 49.2 Å². The van der Waals surface area contributed by atoms with Crippen molar-refractivity contribution in [3.05, 3.63) is 35.4 Å². The Labute approximate surface area is 145 Å². The van der Waals surface area contributed by atoms with Crippen molar-refractivity contribution in [3.8, 4) is 0 Å². The van der Waals surface area contributed by atoms with E-state index in [1.165, 1.54) is 0 Å². The van der Waals surface area contributed by atoms with Gasteiger partial charge in [0.2, 0.25) is 0 Å². The zero-order valence-electron chi connectivity index (χ0n) is 14.0. The minimum Gasteiger partial charge on any atom is -0.478 e. The molecule has 5 heteroatoms. The first kappa shape index (κ1) is 17.4. The summed E-state index contributed by atoms with van der Waals surface area (Å²) in [5.74, 6) is -0.607. The lowest BCUT2D eigenvalue weighted by Crippen LogP contribution is -2.20. The molecule has 1 aliphatic carbocycles. The Bertz CT molecular complexity index is 652. The molecule has 1 unspecified atom stereocenters. The van der Waals surface area contributed by atoms with Crippen LogP contribution in [0.2, 0.25) is 0 Å². The van der Waals surface area contributed by atoms with Crippen molar-refractivity contribution in [2.75, 3.05) is 13.2 Å². The molecule has 2 aliphatic rings. The molecule has 24 heavy (non-hydrogen) atoms. The van der Waals surface area contributed by atoms with Gasteiger partial charge in [0.25, 0.3) is 0 Å². The van der Waals surface area contributed by atoms with Crippen LogP contribution in [0.5, 0.6) is 0 Å². The third kappa shape index (κ3) is 3.78. The van der Waals surface area contributed by atoms with E-state index >= 15 is 0 Å². The van der Waals surface area contributed by atoms with Gasteiger partial charge in [-0.05, 0) is 55.7 Å². The average molecular weight is 348 g/mol. The second kappa shape index (κ2) is 7.62. The smallest absolute Gasteiger partial charge is 0.336 e. The fourth-order valence-electron chi connectivity index (χ4n) is 3.39. The first-order chi connectivity index (χ1) is 11.6. The summed E-state index contributed by atoms with van der Waals surface area (Å²) < 4.78 is 17.6. The zero-order chi connectivity index (χ0) is 17.1. The van der Waals surface area contributed by atoms with Gasteiger partial charge in [-0.25, -0.2) is 4.79 Å². The van der Waals surface area contributed by atoms with Crippen LogP contribution in [0.15, 0.2) is 34.7 Å². The quantitative estimate of drug-likeness (QED) is 0.797. The normalized spacial score (nSPS) is 21.2. The Morgan fingerprint density at radius 1 is 1.17 bits per heavy atom. The number of aliphatic carboxylic acids is 1. The van der Waals surface area contributed by atoms with E-state index in [1.807, 2.05) is 31.2 Å². The SMILES string of the molecule is CCC(=C(C(=O)O)c1ccc(S(=O)C2CC2)cc1)C1CCOCC1. The first-order valence-electron chi connectivity index (χ1n) is 8.67. The van der Waals surface area contributed by atoms with Crippen LogP contribution >= 0.6 is 0 Å². The van der Waals surface area contributed by atoms with Gasteiger partial charge in [0.15, 0.2) is 0 Å². The van der Waals surface area contributed by atoms with E-state index in [4.69, 9.17) is 4.74 Å². The van der Waals surface area contributed by atoms with Crippen LogP contribution in [0.25, 0.3) is 5.57 Å². The molecule has 1 N–H and O–H groups in total. The number of carbonyl (C=O) groups is 1. The fraction of sp³-hybridized carbons (Fsp3) is 0.526. The van der Waals surface area contributed by atoms with Gasteiger partial charge in [-0.2, -0.15) is 0 Å². The maximum atomic E-state index is 12.2. The van der Waals surface area contributed by atoms with E-state index in [0.717, 1.165) is 42.6 Å². The van der Waals surface area contributed by atoms with Crippen molar-refractivity contribution in [2.24, 2.45) is 5.92 Å². The molecule has 1 aromatic rings. The molecule has 0 aromatic heterocycles. The van der Waals surface area contributed by atoms with Crippen molar-refractivity contribution in [1.29, 1.82) is 0 Å². The van der Waals surface area contributed by atoms with Gasteiger partial charge in [-0.3, -0.25) is 4.21 Å². The van der Waals surface area contributed by atoms with Crippen LogP contribution in [0, 0.1) is 5.92 Å². The van der Waals surface area contributed by atoms with Crippen LogP contribution in [0.4, 0.5) is 0 Å². The van der Waals surface area contributed by atoms with Crippen LogP contribution in [-0.4, -0.2) is 33.7 Å². The van der Waals surface area contributed by atoms with Crippen molar-refractivity contribution >= 4 is 22.3 Å². The molecule has 1 atom stereocenters. The number of hydrogen-bond donors (Lipinski definition) is 1. The summed E-state index contributed by atoms with van der Waals surface area (Å²) in [5.41, 5.74) is 2.12. The van der Waals surface area contributed by atoms with Crippen molar-refractivity contribution < 1.29 is 18.8 Å². The minimum absolute atomic E-state index is 0.273. The van der Waals surface area contributed by atoms with Gasteiger partial charge >= 0.3 is 5.97 Å². The highest BCUT2D eigenvalue weighted by molar-refractivity contribution is 7.86. The molecule has 1 heterocycles. The Kier molecular flexibility index (Phi) is 5.51. The lowest BCUT2D eigenvalue weighted by molar-refractivity contribution is -0.130. The van der Waals surface area contributed by atoms with E-state index in [2.05, 4.69) is 0 Å². The predicted molar refractivity (Wildman–Crippen MR) is 94.3 cm³/mol. The fourth-order valence-corrected chi connectivity index (χ4v) is 4.75. The summed E-state index contributed by atoms with van der Waals surface area (Å²) in [6.45, 7) is 3.41. The highest BCUT2D eigenvalue weighted by atomic mass is 32.2. The van der Waals surface area contributed by atoms with E-state index < -0.39 is 16.8 Å². The zero-order valence-corrected chi connectivity index (χ0v) is 14.8. The van der Waals surface area contributed by atoms with Gasteiger partial charge in [-0.15, -0.1) is 0 Å². The van der Waals surface area contributed by atoms with Gasteiger partial charge in [0.1, 0.15) is 0 Å². The average Bonchev–Trinajstić information content (AvgIpc) is 3.44. The summed E-state index contributed by atoms with van der Waals surface area (Å²) in [7, 11) is -0.953. The molecule has 0 amide bonds. The molecular formula is C19H24O4S. The van der Waals surface area contributed by atoms with Gasteiger partial charge in [-0.1, -0.05) is 24.6 Å². The molecule has 1 aromatic carbocycles. The predicted octanol–water partition coefficient (Wildman–Crippen LogP) is 3.63. The number of carboxylic acid groups (broad SMARTS) is 1. The number of benzene rings is 1. The number of allylic oxidation sites excluding steroid dienone is 1. The Hall–Kier alpha value is -1.46. The molecule has 1 saturated carbocycles. The molecule has 3 rings (SSSR count). The Morgan fingerprint density at radius 2 is 1.79 bits per heavy atom. The minimum atomic E-state index is -0.953. The number of ether oxygens (including phenoxy) is 1. The van der Waals surface area contributed by atoms with Crippen LogP contribution < -0.4 is 0 Å². The van der Waals surface area contributed by atoms with E-state index in [9.17, 15) is 14.1 Å². The third-order valence-electron chi connectivity index (χ3n) is 4.83. The molecule has 0 radical (unpaired) electrons. The summed E-state index contributed by atoms with van der Waals surface area (Å²) in [5, 5.41) is 10.1. The topological polar surface area (TPSA) is 63.6 Å². The summed E-state index contributed by atoms with van der Waals surface area (Å²) >= 11 is 0. The van der Waals surface area contributed by atoms with E-state index in [-0.39, 0.29) is 5.92 Å². The molecule has 0 bridgehead atoms. The number of rotatable bonds is 6. The maximum Gasteiger partial charge on any atom is 0.336 e. The molecule has 0 spiro atoms. The van der Waals surface area contributed by atoms with Gasteiger partial charge in [0, 0.05) is 23.4 Å². The van der Waals surface area contributed by atoms with Crippen LogP contribution in [0.1, 0.15) is 44.6 Å². The second-order valence-electron chi connectivity index (χ2n) is 6.47. The Balaban J connectivity index is 1.92. The summed E-state index contributed by atoms with van der Waals surface area (Å²) in [6, 6.07) is 7.27. The summed E-state index contributed by atoms with van der Waals surface area (Å²) in [4.78, 5) is 12.7. The van der Waals surface area contributed by atoms with E-state index in [0.29, 0.717) is 29.6 Å². The largest absolute Gasteiger partial charge is 0.478 e. The number of carboxylic acids is 1. The first-order valence-corrected chi connectivity index (χ1v) is 9.88.